The summed E-state index contributed by atoms with van der Waals surface area (Å²) in [6.45, 7) is 8.23. The molecule has 0 radical (unpaired) electrons. The molecule has 0 unspecified atom stereocenters. The van der Waals surface area contributed by atoms with Gasteiger partial charge in [-0.3, -0.25) is 0 Å². The molecule has 0 bridgehead atoms. The van der Waals surface area contributed by atoms with Crippen molar-refractivity contribution in [3.8, 4) is 33.4 Å². The van der Waals surface area contributed by atoms with Gasteiger partial charge in [0.1, 0.15) is 0 Å². The molecule has 1 aliphatic rings. The summed E-state index contributed by atoms with van der Waals surface area (Å²) in [5, 5.41) is 7.74. The van der Waals surface area contributed by atoms with E-state index in [0.29, 0.717) is 0 Å². The zero-order valence-electron chi connectivity index (χ0n) is 22.5. The van der Waals surface area contributed by atoms with Crippen molar-refractivity contribution in [1.29, 1.82) is 0 Å². The van der Waals surface area contributed by atoms with Gasteiger partial charge < -0.3 is 0 Å². The minimum Gasteiger partial charge on any atom is -0.0984 e. The molecule has 0 aliphatic heterocycles. The van der Waals surface area contributed by atoms with Gasteiger partial charge in [-0.15, -0.1) is 0 Å². The van der Waals surface area contributed by atoms with Crippen LogP contribution >= 0.6 is 0 Å². The highest BCUT2D eigenvalue weighted by Gasteiger charge is 2.18. The van der Waals surface area contributed by atoms with Crippen LogP contribution < -0.4 is 10.4 Å². The maximum absolute atomic E-state index is 4.17. The van der Waals surface area contributed by atoms with E-state index < -0.39 is 0 Å². The minimum atomic E-state index is 1.04. The predicted molar refractivity (Wildman–Crippen MR) is 175 cm³/mol. The van der Waals surface area contributed by atoms with Crippen LogP contribution in [0.2, 0.25) is 0 Å². The first-order chi connectivity index (χ1) is 19.8. The maximum atomic E-state index is 4.17. The molecule has 40 heavy (non-hydrogen) atoms. The Labute approximate surface area is 235 Å². The third-order valence-electron chi connectivity index (χ3n) is 8.25. The van der Waals surface area contributed by atoms with Gasteiger partial charge in [-0.1, -0.05) is 141 Å². The lowest BCUT2D eigenvalue weighted by Gasteiger charge is -2.19. The summed E-state index contributed by atoms with van der Waals surface area (Å²) in [5.41, 5.74) is 9.79. The molecule has 0 amide bonds. The zero-order valence-corrected chi connectivity index (χ0v) is 22.5. The molecular weight excluding hydrogens is 480 g/mol. The van der Waals surface area contributed by atoms with Crippen LogP contribution in [0, 0.1) is 0 Å². The second kappa shape index (κ2) is 9.98. The number of fused-ring (bicyclic) bond motifs is 3. The fourth-order valence-electron chi connectivity index (χ4n) is 6.36. The molecule has 190 valence electrons. The first-order valence-electron chi connectivity index (χ1n) is 14.0. The predicted octanol–water partition coefficient (Wildman–Crippen LogP) is 9.63. The van der Waals surface area contributed by atoms with E-state index in [1.807, 2.05) is 12.2 Å². The van der Waals surface area contributed by atoms with Crippen molar-refractivity contribution in [2.24, 2.45) is 0 Å². The molecule has 0 heteroatoms. The van der Waals surface area contributed by atoms with Gasteiger partial charge in [-0.2, -0.15) is 0 Å². The summed E-state index contributed by atoms with van der Waals surface area (Å²) in [4.78, 5) is 0. The molecule has 0 N–H and O–H groups in total. The van der Waals surface area contributed by atoms with Crippen molar-refractivity contribution in [2.75, 3.05) is 0 Å². The van der Waals surface area contributed by atoms with Gasteiger partial charge in [0, 0.05) is 0 Å². The lowest BCUT2D eigenvalue weighted by molar-refractivity contribution is 1.12. The van der Waals surface area contributed by atoms with Gasteiger partial charge in [-0.25, -0.2) is 0 Å². The summed E-state index contributed by atoms with van der Waals surface area (Å²) in [6, 6.07) is 39.7. The van der Waals surface area contributed by atoms with E-state index in [1.165, 1.54) is 65.4 Å². The molecule has 7 rings (SSSR count). The number of rotatable bonds is 5. The summed E-state index contributed by atoms with van der Waals surface area (Å²) in [7, 11) is 0. The standard InChI is InChI=1S/C40H30/c1-3-27-14-11-19-34(33(27)4-2)40-37-17-9-7-15-35(37)39(36-16-8-10-18-38(36)40)30-23-20-29(21-24-30)32-25-22-28-12-5-6-13-31(28)26-32/h3-7,9,11-26H,1-2,8,10H2. The topological polar surface area (TPSA) is 0 Å². The van der Waals surface area contributed by atoms with Crippen molar-refractivity contribution in [2.45, 2.75) is 12.8 Å². The smallest absolute Gasteiger partial charge is 0.00235 e. The normalized spacial score (nSPS) is 12.4. The van der Waals surface area contributed by atoms with Crippen molar-refractivity contribution >= 4 is 45.8 Å². The Morgan fingerprint density at radius 2 is 1.12 bits per heavy atom. The highest BCUT2D eigenvalue weighted by molar-refractivity contribution is 6.07. The lowest BCUT2D eigenvalue weighted by Crippen LogP contribution is -2.31. The summed E-state index contributed by atoms with van der Waals surface area (Å²) >= 11 is 0. The van der Waals surface area contributed by atoms with Crippen LogP contribution in [-0.4, -0.2) is 0 Å². The Morgan fingerprint density at radius 1 is 0.500 bits per heavy atom. The largest absolute Gasteiger partial charge is 0.0984 e. The second-order valence-corrected chi connectivity index (χ2v) is 10.5. The van der Waals surface area contributed by atoms with E-state index in [-0.39, 0.29) is 0 Å². The number of benzene rings is 6. The highest BCUT2D eigenvalue weighted by Crippen LogP contribution is 2.35. The SMILES string of the molecule is C=Cc1cccc(-c2c3c(c(-c4ccc(-c5ccc6ccccc6c5)cc4)c4ccccc24)=CCCC=3)c1C=C. The van der Waals surface area contributed by atoms with E-state index in [1.54, 1.807) is 0 Å². The van der Waals surface area contributed by atoms with E-state index in [2.05, 4.69) is 135 Å². The van der Waals surface area contributed by atoms with E-state index >= 15 is 0 Å². The number of hydrogen-bond donors (Lipinski definition) is 0. The van der Waals surface area contributed by atoms with Crippen LogP contribution in [0.4, 0.5) is 0 Å². The van der Waals surface area contributed by atoms with Crippen LogP contribution in [0.15, 0.2) is 122 Å². The average Bonchev–Trinajstić information content (AvgIpc) is 3.03. The monoisotopic (exact) mass is 510 g/mol. The zero-order chi connectivity index (χ0) is 27.1. The fourth-order valence-corrected chi connectivity index (χ4v) is 6.36. The lowest BCUT2D eigenvalue weighted by atomic mass is 9.84. The highest BCUT2D eigenvalue weighted by atomic mass is 14.2. The molecule has 0 spiro atoms. The Bertz CT molecular complexity index is 2070. The first kappa shape index (κ1) is 24.1. The number of hydrogen-bond acceptors (Lipinski definition) is 0. The van der Waals surface area contributed by atoms with Gasteiger partial charge in [0.2, 0.25) is 0 Å². The van der Waals surface area contributed by atoms with Gasteiger partial charge >= 0.3 is 0 Å². The van der Waals surface area contributed by atoms with Crippen molar-refractivity contribution in [3.63, 3.8) is 0 Å². The van der Waals surface area contributed by atoms with Gasteiger partial charge in [-0.05, 0) is 95.4 Å². The molecule has 0 saturated heterocycles. The van der Waals surface area contributed by atoms with Crippen LogP contribution in [0.5, 0.6) is 0 Å². The third kappa shape index (κ3) is 3.92. The fraction of sp³-hybridized carbons (Fsp3) is 0.0500. The van der Waals surface area contributed by atoms with Gasteiger partial charge in [0.15, 0.2) is 0 Å². The van der Waals surface area contributed by atoms with Crippen LogP contribution in [-0.2, 0) is 0 Å². The summed E-state index contributed by atoms with van der Waals surface area (Å²) in [6.07, 6.45) is 10.9. The van der Waals surface area contributed by atoms with E-state index in [4.69, 9.17) is 0 Å². The summed E-state index contributed by atoms with van der Waals surface area (Å²) in [5.74, 6) is 0. The van der Waals surface area contributed by atoms with Crippen molar-refractivity contribution in [1.82, 2.24) is 0 Å². The van der Waals surface area contributed by atoms with Crippen molar-refractivity contribution < 1.29 is 0 Å². The van der Waals surface area contributed by atoms with E-state index in [0.717, 1.165) is 24.0 Å². The van der Waals surface area contributed by atoms with Crippen molar-refractivity contribution in [3.05, 3.63) is 144 Å². The molecule has 6 aromatic rings. The molecule has 0 atom stereocenters. The van der Waals surface area contributed by atoms with Crippen LogP contribution in [0.25, 0.3) is 79.2 Å². The molecule has 0 aromatic heterocycles. The quantitative estimate of drug-likeness (QED) is 0.217. The van der Waals surface area contributed by atoms with Gasteiger partial charge in [0.05, 0.1) is 0 Å². The van der Waals surface area contributed by atoms with E-state index in [9.17, 15) is 0 Å². The average molecular weight is 511 g/mol. The minimum absolute atomic E-state index is 1.04. The third-order valence-corrected chi connectivity index (χ3v) is 8.25. The van der Waals surface area contributed by atoms with Crippen LogP contribution in [0.3, 0.4) is 0 Å². The molecule has 0 fully saturated rings. The molecular formula is C40H30. The Balaban J connectivity index is 1.46. The van der Waals surface area contributed by atoms with Crippen LogP contribution in [0.1, 0.15) is 24.0 Å². The Kier molecular flexibility index (Phi) is 6.02. The molecule has 0 nitrogen and oxygen atoms in total. The Morgan fingerprint density at radius 3 is 1.85 bits per heavy atom. The molecule has 0 heterocycles. The van der Waals surface area contributed by atoms with Gasteiger partial charge in [0.25, 0.3) is 0 Å². The summed E-state index contributed by atoms with van der Waals surface area (Å²) < 4.78 is 0. The molecule has 6 aromatic carbocycles. The molecule has 1 aliphatic carbocycles. The maximum Gasteiger partial charge on any atom is -0.00235 e. The first-order valence-corrected chi connectivity index (χ1v) is 14.0. The second-order valence-electron chi connectivity index (χ2n) is 10.5. The molecule has 0 saturated carbocycles. The Hall–Kier alpha value is -4.94.